The summed E-state index contributed by atoms with van der Waals surface area (Å²) in [6.45, 7) is 9.09. The van der Waals surface area contributed by atoms with Gasteiger partial charge in [-0.1, -0.05) is 62.9 Å². The molecule has 0 nitrogen and oxygen atoms in total. The van der Waals surface area contributed by atoms with Gasteiger partial charge in [0, 0.05) is 0 Å². The normalized spacial score (nSPS) is 11.7. The minimum atomic E-state index is 0.833. The Balaban J connectivity index is 2.29. The number of rotatable bonds is 4. The van der Waals surface area contributed by atoms with Crippen LogP contribution in [0.15, 0.2) is 36.4 Å². The van der Waals surface area contributed by atoms with Gasteiger partial charge in [0.15, 0.2) is 0 Å². The van der Waals surface area contributed by atoms with Gasteiger partial charge in [0.05, 0.1) is 0 Å². The standard InChI is InChI=1S/C26H26B2/c1-5-15-16(6-2)18(8-4)22-14-24-23(13-21(22)17(15)7-3)25(27)19-11-9-10-12-20(19)26(24)28/h9-14H,5-8H2,1-4H3. The first-order valence-electron chi connectivity index (χ1n) is 10.6. The molecular formula is C26H26B2. The van der Waals surface area contributed by atoms with E-state index in [1.165, 1.54) is 33.0 Å². The highest BCUT2D eigenvalue weighted by atomic mass is 14.2. The van der Waals surface area contributed by atoms with Crippen LogP contribution in [0.25, 0.3) is 32.3 Å². The van der Waals surface area contributed by atoms with Gasteiger partial charge in [-0.2, -0.15) is 0 Å². The van der Waals surface area contributed by atoms with Gasteiger partial charge in [-0.15, -0.1) is 0 Å². The number of benzene rings is 4. The molecule has 4 aromatic rings. The van der Waals surface area contributed by atoms with Crippen molar-refractivity contribution >= 4 is 58.9 Å². The Bertz CT molecular complexity index is 1120. The van der Waals surface area contributed by atoms with Crippen molar-refractivity contribution in [3.8, 4) is 0 Å². The molecule has 0 heterocycles. The molecular weight excluding hydrogens is 334 g/mol. The summed E-state index contributed by atoms with van der Waals surface area (Å²) in [5.41, 5.74) is 7.67. The molecule has 0 aromatic heterocycles. The van der Waals surface area contributed by atoms with Gasteiger partial charge in [-0.05, 0) is 92.4 Å². The molecule has 0 atom stereocenters. The minimum Gasteiger partial charge on any atom is -0.0813 e. The highest BCUT2D eigenvalue weighted by Gasteiger charge is 2.18. The van der Waals surface area contributed by atoms with Gasteiger partial charge in [-0.3, -0.25) is 0 Å². The zero-order valence-electron chi connectivity index (χ0n) is 17.4. The third-order valence-corrected chi connectivity index (χ3v) is 6.40. The average Bonchev–Trinajstić information content (AvgIpc) is 2.74. The molecule has 0 aliphatic rings. The quantitative estimate of drug-likeness (QED) is 0.356. The SMILES string of the molecule is [B]c1c2ccccc2c([B])c2cc3c(CC)c(CC)c(CC)c(CC)c3cc12. The van der Waals surface area contributed by atoms with Crippen molar-refractivity contribution < 1.29 is 0 Å². The second kappa shape index (κ2) is 7.32. The van der Waals surface area contributed by atoms with Crippen LogP contribution < -0.4 is 10.9 Å². The van der Waals surface area contributed by atoms with Gasteiger partial charge < -0.3 is 0 Å². The van der Waals surface area contributed by atoms with E-state index in [4.69, 9.17) is 15.7 Å². The summed E-state index contributed by atoms with van der Waals surface area (Å²) in [6, 6.07) is 12.8. The molecule has 0 fully saturated rings. The van der Waals surface area contributed by atoms with Crippen molar-refractivity contribution in [2.75, 3.05) is 0 Å². The molecule has 4 radical (unpaired) electrons. The van der Waals surface area contributed by atoms with Gasteiger partial charge in [-0.25, -0.2) is 0 Å². The first-order valence-corrected chi connectivity index (χ1v) is 10.6. The third-order valence-electron chi connectivity index (χ3n) is 6.40. The van der Waals surface area contributed by atoms with Crippen molar-refractivity contribution in [1.82, 2.24) is 0 Å². The second-order valence-electron chi connectivity index (χ2n) is 7.64. The van der Waals surface area contributed by atoms with E-state index in [0.29, 0.717) is 0 Å². The number of hydrogen-bond acceptors (Lipinski definition) is 0. The van der Waals surface area contributed by atoms with Crippen LogP contribution in [0.1, 0.15) is 49.9 Å². The molecule has 28 heavy (non-hydrogen) atoms. The van der Waals surface area contributed by atoms with Crippen LogP contribution in [0.3, 0.4) is 0 Å². The summed E-state index contributed by atoms with van der Waals surface area (Å²) in [5.74, 6) is 0. The molecule has 0 N–H and O–H groups in total. The van der Waals surface area contributed by atoms with Gasteiger partial charge in [0.2, 0.25) is 0 Å². The van der Waals surface area contributed by atoms with E-state index in [0.717, 1.165) is 58.2 Å². The van der Waals surface area contributed by atoms with Crippen molar-refractivity contribution in [2.24, 2.45) is 0 Å². The van der Waals surface area contributed by atoms with E-state index in [1.807, 2.05) is 12.1 Å². The molecule has 0 bridgehead atoms. The van der Waals surface area contributed by atoms with Gasteiger partial charge >= 0.3 is 0 Å². The van der Waals surface area contributed by atoms with E-state index in [1.54, 1.807) is 0 Å². The topological polar surface area (TPSA) is 0 Å². The molecule has 0 amide bonds. The van der Waals surface area contributed by atoms with Crippen LogP contribution in [-0.2, 0) is 25.7 Å². The summed E-state index contributed by atoms with van der Waals surface area (Å²) < 4.78 is 0. The Kier molecular flexibility index (Phi) is 5.00. The highest BCUT2D eigenvalue weighted by Crippen LogP contribution is 2.35. The van der Waals surface area contributed by atoms with Crippen LogP contribution in [0.4, 0.5) is 0 Å². The summed E-state index contributed by atoms with van der Waals surface area (Å²) >= 11 is 0. The van der Waals surface area contributed by atoms with Gasteiger partial charge in [0.25, 0.3) is 0 Å². The third kappa shape index (κ3) is 2.61. The fourth-order valence-corrected chi connectivity index (χ4v) is 5.14. The summed E-state index contributed by atoms with van der Waals surface area (Å²) in [7, 11) is 13.3. The molecule has 2 heteroatoms. The Labute approximate surface area is 171 Å². The van der Waals surface area contributed by atoms with E-state index < -0.39 is 0 Å². The molecule has 0 unspecified atom stereocenters. The van der Waals surface area contributed by atoms with Crippen LogP contribution in [0.2, 0.25) is 0 Å². The molecule has 4 aromatic carbocycles. The summed E-state index contributed by atoms with van der Waals surface area (Å²) in [4.78, 5) is 0. The highest BCUT2D eigenvalue weighted by molar-refractivity contribution is 6.53. The van der Waals surface area contributed by atoms with Crippen molar-refractivity contribution in [1.29, 1.82) is 0 Å². The maximum Gasteiger partial charge on any atom is 0.115 e. The predicted molar refractivity (Wildman–Crippen MR) is 127 cm³/mol. The van der Waals surface area contributed by atoms with Crippen LogP contribution >= 0.6 is 0 Å². The monoisotopic (exact) mass is 360 g/mol. The molecule has 0 saturated carbocycles. The van der Waals surface area contributed by atoms with Crippen LogP contribution in [0.5, 0.6) is 0 Å². The Morgan fingerprint density at radius 1 is 0.500 bits per heavy atom. The molecule has 0 aliphatic carbocycles. The lowest BCUT2D eigenvalue weighted by Gasteiger charge is -2.22. The molecule has 4 rings (SSSR count). The van der Waals surface area contributed by atoms with Crippen molar-refractivity contribution in [2.45, 2.75) is 53.4 Å². The molecule has 0 saturated heterocycles. The zero-order valence-corrected chi connectivity index (χ0v) is 17.4. The van der Waals surface area contributed by atoms with Gasteiger partial charge in [0.1, 0.15) is 15.7 Å². The van der Waals surface area contributed by atoms with E-state index >= 15 is 0 Å². The smallest absolute Gasteiger partial charge is 0.0813 e. The summed E-state index contributed by atoms with van der Waals surface area (Å²) in [6.07, 6.45) is 4.21. The van der Waals surface area contributed by atoms with E-state index in [9.17, 15) is 0 Å². The predicted octanol–water partition coefficient (Wildman–Crippen LogP) is 4.98. The van der Waals surface area contributed by atoms with Crippen LogP contribution in [-0.4, -0.2) is 15.7 Å². The van der Waals surface area contributed by atoms with Crippen molar-refractivity contribution in [3.05, 3.63) is 58.7 Å². The maximum absolute atomic E-state index is 6.65. The second-order valence-corrected chi connectivity index (χ2v) is 7.64. The first kappa shape index (κ1) is 19.1. The molecule has 0 aliphatic heterocycles. The average molecular weight is 360 g/mol. The largest absolute Gasteiger partial charge is 0.115 e. The number of aryl methyl sites for hydroxylation is 2. The van der Waals surface area contributed by atoms with Crippen molar-refractivity contribution in [3.63, 3.8) is 0 Å². The molecule has 136 valence electrons. The summed E-state index contributed by atoms with van der Waals surface area (Å²) in [5, 5.41) is 6.94. The lowest BCUT2D eigenvalue weighted by atomic mass is 9.75. The molecule has 0 spiro atoms. The fourth-order valence-electron chi connectivity index (χ4n) is 5.14. The zero-order chi connectivity index (χ0) is 20.0. The lowest BCUT2D eigenvalue weighted by Crippen LogP contribution is -2.16. The maximum atomic E-state index is 6.65. The van der Waals surface area contributed by atoms with E-state index in [-0.39, 0.29) is 0 Å². The Morgan fingerprint density at radius 2 is 0.857 bits per heavy atom. The lowest BCUT2D eigenvalue weighted by molar-refractivity contribution is 0.961. The first-order chi connectivity index (χ1) is 13.6. The Hall–Kier alpha value is -2.21. The number of fused-ring (bicyclic) bond motifs is 3. The number of hydrogen-bond donors (Lipinski definition) is 0. The fraction of sp³-hybridized carbons (Fsp3) is 0.308. The van der Waals surface area contributed by atoms with E-state index in [2.05, 4.69) is 52.0 Å². The Morgan fingerprint density at radius 3 is 1.18 bits per heavy atom. The minimum absolute atomic E-state index is 0.833. The van der Waals surface area contributed by atoms with Crippen LogP contribution in [0, 0.1) is 0 Å².